The topological polar surface area (TPSA) is 84.0 Å². The second-order valence-corrected chi connectivity index (χ2v) is 11.4. The zero-order valence-electron chi connectivity index (χ0n) is 16.0. The lowest BCUT2D eigenvalue weighted by molar-refractivity contribution is -0.0781. The van der Waals surface area contributed by atoms with Crippen molar-refractivity contribution in [1.82, 2.24) is 8.61 Å². The molecule has 29 heavy (non-hydrogen) atoms. The lowest BCUT2D eigenvalue weighted by Crippen LogP contribution is -2.55. The van der Waals surface area contributed by atoms with Crippen LogP contribution < -0.4 is 0 Å². The van der Waals surface area contributed by atoms with Gasteiger partial charge in [-0.25, -0.2) is 16.8 Å². The van der Waals surface area contributed by atoms with Crippen LogP contribution in [0.2, 0.25) is 0 Å². The first-order chi connectivity index (χ1) is 13.8. The Morgan fingerprint density at radius 1 is 0.828 bits per heavy atom. The summed E-state index contributed by atoms with van der Waals surface area (Å²) < 4.78 is 60.5. The minimum Gasteiger partial charge on any atom is -0.371 e. The number of rotatable bonds is 5. The first-order valence-electron chi connectivity index (χ1n) is 9.52. The van der Waals surface area contributed by atoms with E-state index in [1.54, 1.807) is 42.5 Å². The molecule has 4 rings (SSSR count). The summed E-state index contributed by atoms with van der Waals surface area (Å²) in [6, 6.07) is 17.3. The standard InChI is InChI=1S/C20H24N2O5S2/c23-28(24,15-18-7-3-1-4-8-18)21-13-14-27-20(16-21)11-12-22(17-20)29(25,26)19-9-5-2-6-10-19/h1-10H,11-17H2/t20-/m0/s1. The van der Waals surface area contributed by atoms with E-state index >= 15 is 0 Å². The Labute approximate surface area is 172 Å². The van der Waals surface area contributed by atoms with Crippen LogP contribution in [0.1, 0.15) is 12.0 Å². The number of ether oxygens (including phenoxy) is 1. The number of hydrogen-bond acceptors (Lipinski definition) is 5. The molecule has 0 unspecified atom stereocenters. The predicted octanol–water partition coefficient (Wildman–Crippen LogP) is 1.68. The van der Waals surface area contributed by atoms with Gasteiger partial charge in [0.25, 0.3) is 0 Å². The molecule has 2 aliphatic rings. The van der Waals surface area contributed by atoms with Crippen LogP contribution in [-0.2, 0) is 30.5 Å². The molecular formula is C20H24N2O5S2. The molecule has 0 aromatic heterocycles. The molecule has 0 bridgehead atoms. The second-order valence-electron chi connectivity index (χ2n) is 7.51. The van der Waals surface area contributed by atoms with Gasteiger partial charge in [0, 0.05) is 26.2 Å². The van der Waals surface area contributed by atoms with E-state index in [9.17, 15) is 16.8 Å². The zero-order valence-corrected chi connectivity index (χ0v) is 17.6. The van der Waals surface area contributed by atoms with Crippen molar-refractivity contribution < 1.29 is 21.6 Å². The number of nitrogens with zero attached hydrogens (tertiary/aromatic N) is 2. The summed E-state index contributed by atoms with van der Waals surface area (Å²) in [6.07, 6.45) is 0.469. The number of sulfonamides is 2. The molecule has 9 heteroatoms. The smallest absolute Gasteiger partial charge is 0.243 e. The molecule has 0 radical (unpaired) electrons. The zero-order chi connectivity index (χ0) is 20.5. The third-order valence-corrected chi connectivity index (χ3v) is 9.12. The van der Waals surface area contributed by atoms with E-state index in [1.807, 2.05) is 18.2 Å². The van der Waals surface area contributed by atoms with E-state index in [4.69, 9.17) is 4.74 Å². The van der Waals surface area contributed by atoms with Crippen molar-refractivity contribution in [3.05, 3.63) is 66.2 Å². The number of benzene rings is 2. The molecule has 1 spiro atoms. The van der Waals surface area contributed by atoms with Crippen molar-refractivity contribution >= 4 is 20.0 Å². The van der Waals surface area contributed by atoms with E-state index in [0.717, 1.165) is 5.56 Å². The highest BCUT2D eigenvalue weighted by atomic mass is 32.2. The van der Waals surface area contributed by atoms with Gasteiger partial charge in [-0.3, -0.25) is 0 Å². The highest BCUT2D eigenvalue weighted by Gasteiger charge is 2.48. The quantitative estimate of drug-likeness (QED) is 0.712. The highest BCUT2D eigenvalue weighted by Crippen LogP contribution is 2.33. The van der Waals surface area contributed by atoms with Crippen molar-refractivity contribution in [1.29, 1.82) is 0 Å². The Balaban J connectivity index is 1.50. The van der Waals surface area contributed by atoms with E-state index < -0.39 is 25.6 Å². The molecule has 0 aliphatic carbocycles. The van der Waals surface area contributed by atoms with E-state index in [2.05, 4.69) is 0 Å². The van der Waals surface area contributed by atoms with Crippen LogP contribution in [0, 0.1) is 0 Å². The summed E-state index contributed by atoms with van der Waals surface area (Å²) in [5, 5.41) is 0. The molecule has 2 heterocycles. The van der Waals surface area contributed by atoms with Gasteiger partial charge in [0.1, 0.15) is 0 Å². The monoisotopic (exact) mass is 436 g/mol. The summed E-state index contributed by atoms with van der Waals surface area (Å²) in [5.74, 6) is -0.0735. The lowest BCUT2D eigenvalue weighted by atomic mass is 10.0. The van der Waals surface area contributed by atoms with E-state index in [1.165, 1.54) is 8.61 Å². The third-order valence-electron chi connectivity index (χ3n) is 5.46. The summed E-state index contributed by atoms with van der Waals surface area (Å²) in [5.41, 5.74) is -0.0723. The van der Waals surface area contributed by atoms with Crippen molar-refractivity contribution in [2.24, 2.45) is 0 Å². The van der Waals surface area contributed by atoms with E-state index in [0.29, 0.717) is 13.0 Å². The van der Waals surface area contributed by atoms with Gasteiger partial charge in [-0.05, 0) is 24.1 Å². The molecule has 2 aliphatic heterocycles. The molecule has 2 fully saturated rings. The molecule has 2 aromatic rings. The molecule has 7 nitrogen and oxygen atoms in total. The van der Waals surface area contributed by atoms with Crippen LogP contribution in [-0.4, -0.2) is 63.8 Å². The fourth-order valence-corrected chi connectivity index (χ4v) is 7.04. The van der Waals surface area contributed by atoms with Crippen LogP contribution >= 0.6 is 0 Å². The highest BCUT2D eigenvalue weighted by molar-refractivity contribution is 7.89. The van der Waals surface area contributed by atoms with Crippen LogP contribution in [0.15, 0.2) is 65.6 Å². The van der Waals surface area contributed by atoms with Crippen molar-refractivity contribution in [2.75, 3.05) is 32.8 Å². The molecule has 0 saturated carbocycles. The lowest BCUT2D eigenvalue weighted by Gasteiger charge is -2.39. The average Bonchev–Trinajstić information content (AvgIpc) is 3.13. The van der Waals surface area contributed by atoms with Crippen molar-refractivity contribution in [2.45, 2.75) is 22.7 Å². The largest absolute Gasteiger partial charge is 0.371 e. The van der Waals surface area contributed by atoms with Gasteiger partial charge in [-0.1, -0.05) is 48.5 Å². The Hall–Kier alpha value is -1.78. The van der Waals surface area contributed by atoms with Gasteiger partial charge in [0.05, 0.1) is 22.9 Å². The Kier molecular flexibility index (Phi) is 5.52. The SMILES string of the molecule is O=S(=O)(Cc1ccccc1)N1CCO[C@@]2(CCN(S(=O)(=O)c3ccccc3)C2)C1. The number of morpholine rings is 1. The van der Waals surface area contributed by atoms with Crippen molar-refractivity contribution in [3.8, 4) is 0 Å². The minimum atomic E-state index is -3.63. The van der Waals surface area contributed by atoms with Crippen LogP contribution in [0.4, 0.5) is 0 Å². The molecule has 0 N–H and O–H groups in total. The Morgan fingerprint density at radius 3 is 2.14 bits per heavy atom. The van der Waals surface area contributed by atoms with Gasteiger partial charge in [-0.2, -0.15) is 8.61 Å². The van der Waals surface area contributed by atoms with Gasteiger partial charge < -0.3 is 4.74 Å². The van der Waals surface area contributed by atoms with Crippen LogP contribution in [0.25, 0.3) is 0 Å². The molecule has 2 saturated heterocycles. The summed E-state index contributed by atoms with van der Waals surface area (Å²) in [6.45, 7) is 1.17. The Morgan fingerprint density at radius 2 is 1.45 bits per heavy atom. The first-order valence-corrected chi connectivity index (χ1v) is 12.6. The van der Waals surface area contributed by atoms with Gasteiger partial charge >= 0.3 is 0 Å². The number of hydrogen-bond donors (Lipinski definition) is 0. The summed E-state index contributed by atoms with van der Waals surface area (Å²) >= 11 is 0. The second kappa shape index (κ2) is 7.81. The molecule has 156 valence electrons. The summed E-state index contributed by atoms with van der Waals surface area (Å²) in [4.78, 5) is 0.237. The van der Waals surface area contributed by atoms with Gasteiger partial charge in [-0.15, -0.1) is 0 Å². The summed E-state index contributed by atoms with van der Waals surface area (Å²) in [7, 11) is -7.15. The van der Waals surface area contributed by atoms with Crippen LogP contribution in [0.5, 0.6) is 0 Å². The normalized spacial score (nSPS) is 24.1. The fourth-order valence-electron chi connectivity index (χ4n) is 3.93. The average molecular weight is 437 g/mol. The maximum atomic E-state index is 12.9. The van der Waals surface area contributed by atoms with E-state index in [-0.39, 0.29) is 36.9 Å². The molecular weight excluding hydrogens is 412 g/mol. The maximum absolute atomic E-state index is 12.9. The predicted molar refractivity (Wildman–Crippen MR) is 109 cm³/mol. The van der Waals surface area contributed by atoms with Gasteiger partial charge in [0.15, 0.2) is 0 Å². The fraction of sp³-hybridized carbons (Fsp3) is 0.400. The minimum absolute atomic E-state index is 0.0735. The molecule has 0 amide bonds. The third kappa shape index (κ3) is 4.24. The maximum Gasteiger partial charge on any atom is 0.243 e. The van der Waals surface area contributed by atoms with Gasteiger partial charge in [0.2, 0.25) is 20.0 Å². The molecule has 2 aromatic carbocycles. The van der Waals surface area contributed by atoms with Crippen LogP contribution in [0.3, 0.4) is 0 Å². The first kappa shape index (κ1) is 20.5. The van der Waals surface area contributed by atoms with Crippen molar-refractivity contribution in [3.63, 3.8) is 0 Å². The molecule has 1 atom stereocenters. The Bertz CT molecular complexity index is 1060.